The van der Waals surface area contributed by atoms with Crippen molar-refractivity contribution in [1.29, 1.82) is 0 Å². The van der Waals surface area contributed by atoms with E-state index in [4.69, 9.17) is 32.7 Å². The van der Waals surface area contributed by atoms with Crippen LogP contribution in [-0.4, -0.2) is 33.2 Å². The summed E-state index contributed by atoms with van der Waals surface area (Å²) in [6, 6.07) is 10.5. The molecule has 1 aliphatic rings. The van der Waals surface area contributed by atoms with Crippen LogP contribution in [0.3, 0.4) is 0 Å². The molecule has 0 fully saturated rings. The maximum atomic E-state index is 12.2. The lowest BCUT2D eigenvalue weighted by Gasteiger charge is -2.07. The molecule has 4 rings (SSSR count). The van der Waals surface area contributed by atoms with Crippen LogP contribution in [0.2, 0.25) is 10.0 Å². The first-order valence-electron chi connectivity index (χ1n) is 8.18. The third-order valence-electron chi connectivity index (χ3n) is 4.00. The average Bonchev–Trinajstić information content (AvgIpc) is 3.28. The van der Waals surface area contributed by atoms with Crippen molar-refractivity contribution < 1.29 is 14.3 Å². The number of nitrogens with zero attached hydrogens (tertiary/aromatic N) is 3. The molecule has 7 nitrogen and oxygen atoms in total. The summed E-state index contributed by atoms with van der Waals surface area (Å²) in [7, 11) is 1.84. The topological polar surface area (TPSA) is 78.3 Å². The first kappa shape index (κ1) is 18.9. The molecule has 144 valence electrons. The second kappa shape index (κ2) is 7.90. The predicted octanol–water partition coefficient (Wildman–Crippen LogP) is 4.25. The Balaban J connectivity index is 1.42. The monoisotopic (exact) mass is 436 g/mol. The highest BCUT2D eigenvalue weighted by atomic mass is 35.5. The van der Waals surface area contributed by atoms with Crippen LogP contribution in [0.15, 0.2) is 41.6 Å². The molecular formula is C18H14Cl2N4O3S. The Morgan fingerprint density at radius 1 is 1.18 bits per heavy atom. The van der Waals surface area contributed by atoms with Gasteiger partial charge in [0, 0.05) is 17.6 Å². The van der Waals surface area contributed by atoms with Gasteiger partial charge in [-0.05, 0) is 36.4 Å². The molecule has 0 unspecified atom stereocenters. The van der Waals surface area contributed by atoms with Gasteiger partial charge in [-0.25, -0.2) is 0 Å². The van der Waals surface area contributed by atoms with Crippen molar-refractivity contribution in [2.75, 3.05) is 17.9 Å². The Hall–Kier alpha value is -2.42. The van der Waals surface area contributed by atoms with E-state index in [1.54, 1.807) is 18.2 Å². The fourth-order valence-electron chi connectivity index (χ4n) is 2.63. The van der Waals surface area contributed by atoms with Crippen molar-refractivity contribution in [1.82, 2.24) is 14.8 Å². The Morgan fingerprint density at radius 3 is 2.82 bits per heavy atom. The van der Waals surface area contributed by atoms with Crippen LogP contribution in [-0.2, 0) is 11.8 Å². The van der Waals surface area contributed by atoms with E-state index in [1.807, 2.05) is 29.8 Å². The molecule has 3 aromatic rings. The zero-order valence-corrected chi connectivity index (χ0v) is 16.9. The van der Waals surface area contributed by atoms with Crippen LogP contribution in [0.1, 0.15) is 0 Å². The summed E-state index contributed by atoms with van der Waals surface area (Å²) in [5, 5.41) is 12.7. The number of carbonyl (C=O) groups excluding carboxylic acids is 1. The summed E-state index contributed by atoms with van der Waals surface area (Å²) in [5.41, 5.74) is 1.36. The Labute approximate surface area is 174 Å². The molecule has 0 bridgehead atoms. The van der Waals surface area contributed by atoms with E-state index >= 15 is 0 Å². The van der Waals surface area contributed by atoms with Gasteiger partial charge < -0.3 is 19.4 Å². The Kier molecular flexibility index (Phi) is 5.34. The zero-order chi connectivity index (χ0) is 19.7. The Bertz CT molecular complexity index is 1060. The Morgan fingerprint density at radius 2 is 2.00 bits per heavy atom. The molecule has 0 saturated heterocycles. The molecule has 2 aromatic carbocycles. The minimum absolute atomic E-state index is 0.159. The lowest BCUT2D eigenvalue weighted by Crippen LogP contribution is -2.14. The molecule has 10 heteroatoms. The minimum atomic E-state index is -0.207. The average molecular weight is 437 g/mol. The van der Waals surface area contributed by atoms with Gasteiger partial charge in [0.2, 0.25) is 12.7 Å². The lowest BCUT2D eigenvalue weighted by atomic mass is 10.2. The molecule has 0 spiro atoms. The number of benzene rings is 2. The maximum absolute atomic E-state index is 12.2. The van der Waals surface area contributed by atoms with Gasteiger partial charge in [0.1, 0.15) is 0 Å². The highest BCUT2D eigenvalue weighted by molar-refractivity contribution is 7.99. The smallest absolute Gasteiger partial charge is 0.234 e. The third kappa shape index (κ3) is 3.89. The molecule has 0 aliphatic carbocycles. The van der Waals surface area contributed by atoms with Crippen molar-refractivity contribution in [2.24, 2.45) is 7.05 Å². The molecule has 2 heterocycles. The quantitative estimate of drug-likeness (QED) is 0.602. The summed E-state index contributed by atoms with van der Waals surface area (Å²) in [6.45, 7) is 0.214. The fraction of sp³-hybridized carbons (Fsp3) is 0.167. The predicted molar refractivity (Wildman–Crippen MR) is 108 cm³/mol. The maximum Gasteiger partial charge on any atom is 0.234 e. The van der Waals surface area contributed by atoms with E-state index < -0.39 is 0 Å². The number of aromatic nitrogens is 3. The molecule has 1 amide bonds. The second-order valence-corrected chi connectivity index (χ2v) is 7.68. The molecule has 1 aliphatic heterocycles. The second-order valence-electron chi connectivity index (χ2n) is 5.89. The molecule has 0 radical (unpaired) electrons. The van der Waals surface area contributed by atoms with Gasteiger partial charge in [-0.1, -0.05) is 35.0 Å². The third-order valence-corrected chi connectivity index (χ3v) is 5.57. The van der Waals surface area contributed by atoms with Crippen molar-refractivity contribution in [3.63, 3.8) is 0 Å². The summed E-state index contributed by atoms with van der Waals surface area (Å²) in [5.74, 6) is 2.00. The lowest BCUT2D eigenvalue weighted by molar-refractivity contribution is -0.113. The normalized spacial score (nSPS) is 12.2. The fourth-order valence-corrected chi connectivity index (χ4v) is 3.80. The first-order valence-corrected chi connectivity index (χ1v) is 9.92. The van der Waals surface area contributed by atoms with Gasteiger partial charge in [-0.15, -0.1) is 10.2 Å². The number of anilines is 1. The number of rotatable bonds is 5. The van der Waals surface area contributed by atoms with Gasteiger partial charge in [-0.3, -0.25) is 4.79 Å². The number of thioether (sulfide) groups is 1. The first-order chi connectivity index (χ1) is 13.5. The minimum Gasteiger partial charge on any atom is -0.454 e. The SMILES string of the molecule is Cn1c(SCC(=O)Nc2ccc(Cl)cc2Cl)nnc1-c1ccc2c(c1)OCO2. The highest BCUT2D eigenvalue weighted by Gasteiger charge is 2.18. The zero-order valence-electron chi connectivity index (χ0n) is 14.6. The van der Waals surface area contributed by atoms with E-state index in [0.717, 1.165) is 5.56 Å². The van der Waals surface area contributed by atoms with Crippen molar-refractivity contribution >= 4 is 46.6 Å². The number of ether oxygens (including phenoxy) is 2. The summed E-state index contributed by atoms with van der Waals surface area (Å²) >= 11 is 13.2. The molecule has 0 atom stereocenters. The van der Waals surface area contributed by atoms with E-state index in [9.17, 15) is 4.79 Å². The van der Waals surface area contributed by atoms with Crippen LogP contribution in [0.5, 0.6) is 11.5 Å². The molecule has 1 N–H and O–H groups in total. The summed E-state index contributed by atoms with van der Waals surface area (Å²) < 4.78 is 12.6. The standard InChI is InChI=1S/C18H14Cl2N4O3S/c1-24-17(10-2-5-14-15(6-10)27-9-26-14)22-23-18(24)28-8-16(25)21-13-4-3-11(19)7-12(13)20/h2-7H,8-9H2,1H3,(H,21,25). The number of hydrogen-bond donors (Lipinski definition) is 1. The number of carbonyl (C=O) groups is 1. The van der Waals surface area contributed by atoms with Crippen LogP contribution in [0.25, 0.3) is 11.4 Å². The van der Waals surface area contributed by atoms with Gasteiger partial charge in [0.15, 0.2) is 22.5 Å². The number of halogens is 2. The van der Waals surface area contributed by atoms with Crippen LogP contribution < -0.4 is 14.8 Å². The van der Waals surface area contributed by atoms with Crippen molar-refractivity contribution in [3.05, 3.63) is 46.4 Å². The van der Waals surface area contributed by atoms with Gasteiger partial charge >= 0.3 is 0 Å². The number of amides is 1. The van der Waals surface area contributed by atoms with Crippen molar-refractivity contribution in [3.8, 4) is 22.9 Å². The molecular weight excluding hydrogens is 423 g/mol. The molecule has 1 aromatic heterocycles. The van der Waals surface area contributed by atoms with Crippen LogP contribution in [0.4, 0.5) is 5.69 Å². The number of fused-ring (bicyclic) bond motifs is 1. The number of nitrogens with one attached hydrogen (secondary N) is 1. The van der Waals surface area contributed by atoms with E-state index in [1.165, 1.54) is 11.8 Å². The largest absolute Gasteiger partial charge is 0.454 e. The van der Waals surface area contributed by atoms with Gasteiger partial charge in [-0.2, -0.15) is 0 Å². The van der Waals surface area contributed by atoms with Crippen LogP contribution >= 0.6 is 35.0 Å². The van der Waals surface area contributed by atoms with E-state index in [-0.39, 0.29) is 18.5 Å². The van der Waals surface area contributed by atoms with E-state index in [2.05, 4.69) is 15.5 Å². The number of hydrogen-bond acceptors (Lipinski definition) is 6. The molecule has 28 heavy (non-hydrogen) atoms. The van der Waals surface area contributed by atoms with Crippen LogP contribution in [0, 0.1) is 0 Å². The molecule has 0 saturated carbocycles. The van der Waals surface area contributed by atoms with E-state index in [0.29, 0.717) is 38.2 Å². The van der Waals surface area contributed by atoms with Gasteiger partial charge in [0.25, 0.3) is 0 Å². The summed E-state index contributed by atoms with van der Waals surface area (Å²) in [6.07, 6.45) is 0. The van der Waals surface area contributed by atoms with Crippen molar-refractivity contribution in [2.45, 2.75) is 5.16 Å². The summed E-state index contributed by atoms with van der Waals surface area (Å²) in [4.78, 5) is 12.2. The van der Waals surface area contributed by atoms with Gasteiger partial charge in [0.05, 0.1) is 16.5 Å². The highest BCUT2D eigenvalue weighted by Crippen LogP contribution is 2.36.